The summed E-state index contributed by atoms with van der Waals surface area (Å²) in [6.45, 7) is 1.85. The molecule has 0 atom stereocenters. The molecule has 0 radical (unpaired) electrons. The number of hydrogen-bond donors (Lipinski definition) is 1. The number of hydrogen-bond acceptors (Lipinski definition) is 6. The van der Waals surface area contributed by atoms with Gasteiger partial charge in [0.1, 0.15) is 0 Å². The van der Waals surface area contributed by atoms with E-state index in [1.807, 2.05) is 0 Å². The zero-order valence-corrected chi connectivity index (χ0v) is 7.57. The normalized spacial score (nSPS) is 10.8. The first-order valence-corrected chi connectivity index (χ1v) is 3.66. The van der Waals surface area contributed by atoms with Gasteiger partial charge in [0, 0.05) is 0 Å². The maximum absolute atomic E-state index is 11.0. The van der Waals surface area contributed by atoms with Gasteiger partial charge in [-0.25, -0.2) is 4.79 Å². The maximum Gasteiger partial charge on any atom is 0.355 e. The highest BCUT2D eigenvalue weighted by Crippen LogP contribution is 1.92. The highest BCUT2D eigenvalue weighted by atomic mass is 16.5. The molecule has 0 aromatic carbocycles. The van der Waals surface area contributed by atoms with Gasteiger partial charge in [0.05, 0.1) is 20.1 Å². The van der Waals surface area contributed by atoms with Crippen LogP contribution in [-0.4, -0.2) is 31.4 Å². The fourth-order valence-corrected chi connectivity index (χ4v) is 0.594. The van der Waals surface area contributed by atoms with Gasteiger partial charge in [0.25, 0.3) is 0 Å². The van der Waals surface area contributed by atoms with E-state index in [0.29, 0.717) is 0 Å². The number of hydrazone groups is 1. The van der Waals surface area contributed by atoms with Crippen LogP contribution in [0, 0.1) is 0 Å². The van der Waals surface area contributed by atoms with Crippen LogP contribution in [0.15, 0.2) is 5.10 Å². The van der Waals surface area contributed by atoms with Crippen LogP contribution in [0.1, 0.15) is 13.3 Å². The van der Waals surface area contributed by atoms with Crippen molar-refractivity contribution < 1.29 is 19.1 Å². The monoisotopic (exact) mass is 188 g/mol. The molecule has 13 heavy (non-hydrogen) atoms. The van der Waals surface area contributed by atoms with Crippen molar-refractivity contribution in [3.8, 4) is 0 Å². The molecule has 0 aromatic rings. The van der Waals surface area contributed by atoms with E-state index < -0.39 is 11.9 Å². The lowest BCUT2D eigenvalue weighted by molar-refractivity contribution is -0.141. The summed E-state index contributed by atoms with van der Waals surface area (Å²) in [5.41, 5.74) is -0.145. The standard InChI is InChI=1S/C7H12N2O4/c1-3-13-7(11)5(9-8)4-6(10)12-2/h3-4,8H2,1-2H3. The number of rotatable bonds is 4. The quantitative estimate of drug-likeness (QED) is 0.276. The second-order valence-corrected chi connectivity index (χ2v) is 2.05. The molecule has 74 valence electrons. The van der Waals surface area contributed by atoms with E-state index in [1.165, 1.54) is 7.11 Å². The topological polar surface area (TPSA) is 91.0 Å². The molecular weight excluding hydrogens is 176 g/mol. The SMILES string of the molecule is CCOC(=O)C(CC(=O)OC)=NN. The number of methoxy groups -OCH3 is 1. The van der Waals surface area contributed by atoms with E-state index in [1.54, 1.807) is 6.92 Å². The summed E-state index contributed by atoms with van der Waals surface area (Å²) in [7, 11) is 1.21. The van der Waals surface area contributed by atoms with Crippen LogP contribution in [0.3, 0.4) is 0 Å². The third-order valence-corrected chi connectivity index (χ3v) is 1.21. The van der Waals surface area contributed by atoms with Crippen molar-refractivity contribution in [2.75, 3.05) is 13.7 Å². The van der Waals surface area contributed by atoms with Crippen molar-refractivity contribution in [3.63, 3.8) is 0 Å². The Balaban J connectivity index is 4.20. The van der Waals surface area contributed by atoms with Crippen LogP contribution >= 0.6 is 0 Å². The summed E-state index contributed by atoms with van der Waals surface area (Å²) in [5.74, 6) is 3.60. The Morgan fingerprint density at radius 2 is 2.08 bits per heavy atom. The Morgan fingerprint density at radius 1 is 1.46 bits per heavy atom. The third-order valence-electron chi connectivity index (χ3n) is 1.21. The summed E-state index contributed by atoms with van der Waals surface area (Å²) >= 11 is 0. The molecule has 0 aromatic heterocycles. The number of carbonyl (C=O) groups is 2. The molecule has 0 fully saturated rings. The average Bonchev–Trinajstić information content (AvgIpc) is 2.14. The van der Waals surface area contributed by atoms with E-state index >= 15 is 0 Å². The summed E-state index contributed by atoms with van der Waals surface area (Å²) in [6, 6.07) is 0. The first kappa shape index (κ1) is 11.4. The number of esters is 2. The van der Waals surface area contributed by atoms with E-state index in [0.717, 1.165) is 0 Å². The van der Waals surface area contributed by atoms with Crippen molar-refractivity contribution in [3.05, 3.63) is 0 Å². The van der Waals surface area contributed by atoms with Gasteiger partial charge in [-0.3, -0.25) is 4.79 Å². The molecule has 0 heterocycles. The maximum atomic E-state index is 11.0. The number of carbonyl (C=O) groups excluding carboxylic acids is 2. The molecule has 0 saturated heterocycles. The molecule has 0 rings (SSSR count). The molecule has 0 amide bonds. The van der Waals surface area contributed by atoms with Gasteiger partial charge in [0.15, 0.2) is 5.71 Å². The van der Waals surface area contributed by atoms with Gasteiger partial charge >= 0.3 is 11.9 Å². The Labute approximate surface area is 75.7 Å². The minimum atomic E-state index is -0.699. The van der Waals surface area contributed by atoms with E-state index in [-0.39, 0.29) is 18.7 Å². The summed E-state index contributed by atoms with van der Waals surface area (Å²) in [5, 5.41) is 3.14. The molecule has 6 nitrogen and oxygen atoms in total. The van der Waals surface area contributed by atoms with Crippen molar-refractivity contribution in [1.29, 1.82) is 0 Å². The average molecular weight is 188 g/mol. The van der Waals surface area contributed by atoms with Gasteiger partial charge in [-0.05, 0) is 6.92 Å². The fourth-order valence-electron chi connectivity index (χ4n) is 0.594. The lowest BCUT2D eigenvalue weighted by Gasteiger charge is -2.02. The predicted molar refractivity (Wildman–Crippen MR) is 44.9 cm³/mol. The molecule has 6 heteroatoms. The zero-order valence-electron chi connectivity index (χ0n) is 7.57. The van der Waals surface area contributed by atoms with Crippen molar-refractivity contribution in [1.82, 2.24) is 0 Å². The fraction of sp³-hybridized carbons (Fsp3) is 0.571. The Kier molecular flexibility index (Phi) is 5.25. The summed E-state index contributed by atoms with van der Waals surface area (Å²) < 4.78 is 8.91. The van der Waals surface area contributed by atoms with Gasteiger partial charge in [-0.2, -0.15) is 5.10 Å². The largest absolute Gasteiger partial charge is 0.469 e. The van der Waals surface area contributed by atoms with E-state index in [4.69, 9.17) is 5.84 Å². The van der Waals surface area contributed by atoms with Crippen LogP contribution in [-0.2, 0) is 19.1 Å². The lowest BCUT2D eigenvalue weighted by Crippen LogP contribution is -2.22. The first-order chi connectivity index (χ1) is 6.15. The zero-order chi connectivity index (χ0) is 10.3. The molecule has 0 spiro atoms. The lowest BCUT2D eigenvalue weighted by atomic mass is 10.3. The molecule has 0 bridgehead atoms. The third kappa shape index (κ3) is 4.09. The van der Waals surface area contributed by atoms with Gasteiger partial charge < -0.3 is 15.3 Å². The highest BCUT2D eigenvalue weighted by molar-refractivity contribution is 6.39. The van der Waals surface area contributed by atoms with Crippen molar-refractivity contribution >= 4 is 17.7 Å². The molecular formula is C7H12N2O4. The molecule has 0 saturated carbocycles. The Hall–Kier alpha value is -1.59. The Morgan fingerprint density at radius 3 is 2.46 bits per heavy atom. The molecule has 0 aliphatic rings. The molecule has 0 unspecified atom stereocenters. The minimum absolute atomic E-state index is 0.145. The van der Waals surface area contributed by atoms with Crippen LogP contribution in [0.4, 0.5) is 0 Å². The van der Waals surface area contributed by atoms with Gasteiger partial charge in [0.2, 0.25) is 0 Å². The van der Waals surface area contributed by atoms with E-state index in [9.17, 15) is 9.59 Å². The van der Waals surface area contributed by atoms with Crippen LogP contribution < -0.4 is 5.84 Å². The smallest absolute Gasteiger partial charge is 0.355 e. The molecule has 2 N–H and O–H groups in total. The number of nitrogens with two attached hydrogens (primary N) is 1. The molecule has 0 aliphatic heterocycles. The van der Waals surface area contributed by atoms with Crippen LogP contribution in [0.2, 0.25) is 0 Å². The van der Waals surface area contributed by atoms with Crippen LogP contribution in [0.5, 0.6) is 0 Å². The Bertz CT molecular complexity index is 225. The second-order valence-electron chi connectivity index (χ2n) is 2.05. The minimum Gasteiger partial charge on any atom is -0.469 e. The number of nitrogens with zero attached hydrogens (tertiary/aromatic N) is 1. The molecule has 0 aliphatic carbocycles. The second kappa shape index (κ2) is 5.99. The summed E-state index contributed by atoms with van der Waals surface area (Å²) in [6.07, 6.45) is -0.272. The number of ether oxygens (including phenoxy) is 2. The highest BCUT2D eigenvalue weighted by Gasteiger charge is 2.16. The summed E-state index contributed by atoms with van der Waals surface area (Å²) in [4.78, 5) is 21.7. The first-order valence-electron chi connectivity index (χ1n) is 3.66. The predicted octanol–water partition coefficient (Wildman–Crippen LogP) is -0.573. The van der Waals surface area contributed by atoms with E-state index in [2.05, 4.69) is 14.6 Å². The van der Waals surface area contributed by atoms with Crippen LogP contribution in [0.25, 0.3) is 0 Å². The van der Waals surface area contributed by atoms with Crippen molar-refractivity contribution in [2.45, 2.75) is 13.3 Å². The van der Waals surface area contributed by atoms with Crippen molar-refractivity contribution in [2.24, 2.45) is 10.9 Å². The van der Waals surface area contributed by atoms with Gasteiger partial charge in [-0.15, -0.1) is 0 Å². The van der Waals surface area contributed by atoms with Gasteiger partial charge in [-0.1, -0.05) is 0 Å².